The Morgan fingerprint density at radius 1 is 1.22 bits per heavy atom. The highest BCUT2D eigenvalue weighted by atomic mass is 16.5. The van der Waals surface area contributed by atoms with Gasteiger partial charge in [-0.05, 0) is 26.0 Å². The molecule has 1 amide bonds. The molecule has 0 atom stereocenters. The standard InChI is InChI=1S/C17H21NO5/c1-10(2)18-8-7-13(19)15(17(18)21)16(20)12-6-5-11(22-3)9-14(12)23-4/h5-6,9-10,20H,7-8H2,1-4H3/b16-15-. The van der Waals surface area contributed by atoms with Crippen molar-refractivity contribution >= 4 is 17.4 Å². The zero-order valence-electron chi connectivity index (χ0n) is 13.8. The van der Waals surface area contributed by atoms with Crippen molar-refractivity contribution < 1.29 is 24.2 Å². The lowest BCUT2D eigenvalue weighted by atomic mass is 9.96. The first-order valence-electron chi connectivity index (χ1n) is 7.40. The van der Waals surface area contributed by atoms with Gasteiger partial charge in [-0.2, -0.15) is 0 Å². The molecule has 1 aromatic carbocycles. The van der Waals surface area contributed by atoms with Gasteiger partial charge in [0, 0.05) is 25.1 Å². The molecule has 1 aromatic rings. The summed E-state index contributed by atoms with van der Waals surface area (Å²) in [5, 5.41) is 10.6. The first-order valence-corrected chi connectivity index (χ1v) is 7.40. The number of hydrogen-bond donors (Lipinski definition) is 1. The molecule has 2 rings (SSSR count). The number of carbonyl (C=O) groups excluding carboxylic acids is 2. The zero-order valence-corrected chi connectivity index (χ0v) is 13.8. The zero-order chi connectivity index (χ0) is 17.1. The Morgan fingerprint density at radius 3 is 2.48 bits per heavy atom. The Balaban J connectivity index is 2.54. The van der Waals surface area contributed by atoms with Gasteiger partial charge in [-0.1, -0.05) is 0 Å². The van der Waals surface area contributed by atoms with E-state index in [1.165, 1.54) is 14.2 Å². The first kappa shape index (κ1) is 16.9. The van der Waals surface area contributed by atoms with Crippen LogP contribution in [0.3, 0.4) is 0 Å². The van der Waals surface area contributed by atoms with Gasteiger partial charge in [0.1, 0.15) is 22.8 Å². The van der Waals surface area contributed by atoms with E-state index in [1.807, 2.05) is 13.8 Å². The summed E-state index contributed by atoms with van der Waals surface area (Å²) >= 11 is 0. The van der Waals surface area contributed by atoms with Crippen LogP contribution >= 0.6 is 0 Å². The maximum Gasteiger partial charge on any atom is 0.261 e. The van der Waals surface area contributed by atoms with E-state index in [9.17, 15) is 14.7 Å². The summed E-state index contributed by atoms with van der Waals surface area (Å²) < 4.78 is 10.3. The molecule has 0 aromatic heterocycles. The van der Waals surface area contributed by atoms with Gasteiger partial charge in [0.2, 0.25) is 0 Å². The van der Waals surface area contributed by atoms with Crippen molar-refractivity contribution in [1.82, 2.24) is 4.90 Å². The van der Waals surface area contributed by atoms with E-state index in [0.29, 0.717) is 18.0 Å². The maximum absolute atomic E-state index is 12.5. The SMILES string of the molecule is COc1ccc(/C(O)=C2\C(=O)CCN(C(C)C)C2=O)c(OC)c1. The van der Waals surface area contributed by atoms with Crippen LogP contribution in [0.2, 0.25) is 0 Å². The topological polar surface area (TPSA) is 76.1 Å². The van der Waals surface area contributed by atoms with Crippen LogP contribution < -0.4 is 9.47 Å². The number of rotatable bonds is 4. The molecule has 0 unspecified atom stereocenters. The minimum Gasteiger partial charge on any atom is -0.506 e. The number of piperidine rings is 1. The summed E-state index contributed by atoms with van der Waals surface area (Å²) in [6.45, 7) is 4.11. The first-order chi connectivity index (χ1) is 10.9. The van der Waals surface area contributed by atoms with E-state index >= 15 is 0 Å². The van der Waals surface area contributed by atoms with Gasteiger partial charge in [0.05, 0.1) is 19.8 Å². The van der Waals surface area contributed by atoms with Crippen molar-refractivity contribution in [2.75, 3.05) is 20.8 Å². The predicted molar refractivity (Wildman–Crippen MR) is 85.6 cm³/mol. The number of benzene rings is 1. The lowest BCUT2D eigenvalue weighted by Crippen LogP contribution is -2.45. The third kappa shape index (κ3) is 3.16. The van der Waals surface area contributed by atoms with E-state index in [4.69, 9.17) is 9.47 Å². The number of ketones is 1. The van der Waals surface area contributed by atoms with Crippen molar-refractivity contribution in [3.63, 3.8) is 0 Å². The van der Waals surface area contributed by atoms with E-state index < -0.39 is 5.91 Å². The Hall–Kier alpha value is -2.50. The van der Waals surface area contributed by atoms with Crippen molar-refractivity contribution in [2.24, 2.45) is 0 Å². The third-order valence-corrected chi connectivity index (χ3v) is 3.86. The van der Waals surface area contributed by atoms with Gasteiger partial charge in [-0.25, -0.2) is 0 Å². The predicted octanol–water partition coefficient (Wildman–Crippen LogP) is 2.18. The molecule has 0 bridgehead atoms. The molecule has 1 aliphatic heterocycles. The van der Waals surface area contributed by atoms with E-state index in [1.54, 1.807) is 23.1 Å². The van der Waals surface area contributed by atoms with Gasteiger partial charge in [-0.3, -0.25) is 9.59 Å². The maximum atomic E-state index is 12.5. The number of Topliss-reactive ketones (excluding diaryl/α,β-unsaturated/α-hetero) is 1. The van der Waals surface area contributed by atoms with Crippen LogP contribution in [0, 0.1) is 0 Å². The summed E-state index contributed by atoms with van der Waals surface area (Å²) in [6.07, 6.45) is 0.196. The normalized spacial score (nSPS) is 17.5. The van der Waals surface area contributed by atoms with Gasteiger partial charge < -0.3 is 19.5 Å². The number of carbonyl (C=O) groups is 2. The highest BCUT2D eigenvalue weighted by Gasteiger charge is 2.34. The Labute approximate surface area is 135 Å². The molecule has 0 aliphatic carbocycles. The summed E-state index contributed by atoms with van der Waals surface area (Å²) in [7, 11) is 2.96. The molecule has 6 nitrogen and oxygen atoms in total. The fraction of sp³-hybridized carbons (Fsp3) is 0.412. The molecular weight excluding hydrogens is 298 g/mol. The molecule has 1 N–H and O–H groups in total. The molecule has 6 heteroatoms. The van der Waals surface area contributed by atoms with Crippen LogP contribution in [0.25, 0.3) is 5.76 Å². The van der Waals surface area contributed by atoms with Gasteiger partial charge >= 0.3 is 0 Å². The van der Waals surface area contributed by atoms with Crippen LogP contribution in [-0.2, 0) is 9.59 Å². The molecule has 1 aliphatic rings. The highest BCUT2D eigenvalue weighted by Crippen LogP contribution is 2.32. The smallest absolute Gasteiger partial charge is 0.261 e. The van der Waals surface area contributed by atoms with Crippen molar-refractivity contribution in [1.29, 1.82) is 0 Å². The third-order valence-electron chi connectivity index (χ3n) is 3.86. The van der Waals surface area contributed by atoms with Crippen LogP contribution in [0.1, 0.15) is 25.8 Å². The van der Waals surface area contributed by atoms with Crippen LogP contribution in [-0.4, -0.2) is 48.5 Å². The highest BCUT2D eigenvalue weighted by molar-refractivity contribution is 6.25. The number of ether oxygens (including phenoxy) is 2. The van der Waals surface area contributed by atoms with Crippen LogP contribution in [0.5, 0.6) is 11.5 Å². The molecule has 1 saturated heterocycles. The second-order valence-electron chi connectivity index (χ2n) is 5.56. The average Bonchev–Trinajstić information content (AvgIpc) is 2.53. The minimum absolute atomic E-state index is 0.0452. The number of hydrogen-bond acceptors (Lipinski definition) is 5. The van der Waals surface area contributed by atoms with Gasteiger partial charge in [0.15, 0.2) is 5.78 Å². The number of aliphatic hydroxyl groups is 1. The molecule has 1 heterocycles. The molecular formula is C17H21NO5. The molecule has 23 heavy (non-hydrogen) atoms. The van der Waals surface area contributed by atoms with Crippen LogP contribution in [0.4, 0.5) is 0 Å². The number of methoxy groups -OCH3 is 2. The van der Waals surface area contributed by atoms with E-state index in [2.05, 4.69) is 0 Å². The fourth-order valence-electron chi connectivity index (χ4n) is 2.57. The Kier molecular flexibility index (Phi) is 4.93. The minimum atomic E-state index is -0.452. The largest absolute Gasteiger partial charge is 0.506 e. The Bertz CT molecular complexity index is 663. The number of nitrogens with zero attached hydrogens (tertiary/aromatic N) is 1. The average molecular weight is 319 g/mol. The van der Waals surface area contributed by atoms with Crippen molar-refractivity contribution in [3.05, 3.63) is 29.3 Å². The molecule has 0 radical (unpaired) electrons. The van der Waals surface area contributed by atoms with E-state index in [-0.39, 0.29) is 35.1 Å². The Morgan fingerprint density at radius 2 is 1.91 bits per heavy atom. The lowest BCUT2D eigenvalue weighted by molar-refractivity contribution is -0.134. The number of likely N-dealkylation sites (tertiary alicyclic amines) is 1. The number of amides is 1. The number of aliphatic hydroxyl groups excluding tert-OH is 1. The summed E-state index contributed by atoms with van der Waals surface area (Å²) in [5.41, 5.74) is 0.101. The summed E-state index contributed by atoms with van der Waals surface area (Å²) in [4.78, 5) is 26.3. The molecule has 0 spiro atoms. The van der Waals surface area contributed by atoms with Crippen molar-refractivity contribution in [2.45, 2.75) is 26.3 Å². The van der Waals surface area contributed by atoms with Gasteiger partial charge in [0.25, 0.3) is 5.91 Å². The van der Waals surface area contributed by atoms with Crippen LogP contribution in [0.15, 0.2) is 23.8 Å². The molecule has 0 saturated carbocycles. The van der Waals surface area contributed by atoms with E-state index in [0.717, 1.165) is 0 Å². The second-order valence-corrected chi connectivity index (χ2v) is 5.56. The summed E-state index contributed by atoms with van der Waals surface area (Å²) in [5.74, 6) is -0.288. The monoisotopic (exact) mass is 319 g/mol. The summed E-state index contributed by atoms with van der Waals surface area (Å²) in [6, 6.07) is 4.74. The molecule has 1 fully saturated rings. The second kappa shape index (κ2) is 6.73. The quantitative estimate of drug-likeness (QED) is 0.523. The van der Waals surface area contributed by atoms with Gasteiger partial charge in [-0.15, -0.1) is 0 Å². The molecule has 124 valence electrons. The lowest BCUT2D eigenvalue weighted by Gasteiger charge is -2.31. The fourth-order valence-corrected chi connectivity index (χ4v) is 2.57. The van der Waals surface area contributed by atoms with Crippen molar-refractivity contribution in [3.8, 4) is 11.5 Å².